The van der Waals surface area contributed by atoms with Crippen molar-refractivity contribution in [2.45, 2.75) is 25.2 Å². The molecule has 0 unspecified atom stereocenters. The predicted molar refractivity (Wildman–Crippen MR) is 50.4 cm³/mol. The van der Waals surface area contributed by atoms with Crippen LogP contribution in [-0.2, 0) is 11.2 Å². The van der Waals surface area contributed by atoms with Gasteiger partial charge in [0.15, 0.2) is 0 Å². The van der Waals surface area contributed by atoms with Gasteiger partial charge in [0.05, 0.1) is 12.1 Å². The van der Waals surface area contributed by atoms with Gasteiger partial charge in [-0.2, -0.15) is 0 Å². The zero-order valence-electron chi connectivity index (χ0n) is 7.40. The molecule has 74 valence electrons. The maximum Gasteiger partial charge on any atom is 0.309 e. The zero-order chi connectivity index (χ0) is 10.1. The van der Waals surface area contributed by atoms with Gasteiger partial charge in [0, 0.05) is 5.92 Å². The zero-order valence-corrected chi connectivity index (χ0v) is 8.16. The van der Waals surface area contributed by atoms with Crippen molar-refractivity contribution in [2.24, 2.45) is 0 Å². The summed E-state index contributed by atoms with van der Waals surface area (Å²) in [6.45, 7) is 0. The Bertz CT molecular complexity index is 377. The third kappa shape index (κ3) is 2.20. The maximum absolute atomic E-state index is 10.5. The fraction of sp³-hybridized carbons (Fsp3) is 0.444. The molecule has 2 rings (SSSR count). The number of aromatic nitrogens is 2. The van der Waals surface area contributed by atoms with Crippen molar-refractivity contribution in [3.05, 3.63) is 22.7 Å². The van der Waals surface area contributed by atoms with Crippen LogP contribution in [0.15, 0.2) is 6.07 Å². The molecule has 1 aliphatic carbocycles. The van der Waals surface area contributed by atoms with Crippen LogP contribution >= 0.6 is 11.6 Å². The molecule has 4 nitrogen and oxygen atoms in total. The van der Waals surface area contributed by atoms with Gasteiger partial charge < -0.3 is 5.11 Å². The molecule has 0 aromatic carbocycles. The van der Waals surface area contributed by atoms with Crippen LogP contribution in [0.3, 0.4) is 0 Å². The second-order valence-electron chi connectivity index (χ2n) is 3.38. The molecule has 1 fully saturated rings. The van der Waals surface area contributed by atoms with Gasteiger partial charge in [0.1, 0.15) is 11.0 Å². The average Bonchev–Trinajstić information content (AvgIpc) is 2.82. The second kappa shape index (κ2) is 3.53. The number of hydrogen-bond donors (Lipinski definition) is 1. The minimum absolute atomic E-state index is 0.0953. The summed E-state index contributed by atoms with van der Waals surface area (Å²) < 4.78 is 0. The van der Waals surface area contributed by atoms with Gasteiger partial charge in [-0.05, 0) is 18.9 Å². The molecule has 0 aliphatic heterocycles. The smallest absolute Gasteiger partial charge is 0.309 e. The Hall–Kier alpha value is -1.16. The lowest BCUT2D eigenvalue weighted by Crippen LogP contribution is -2.05. The molecule has 0 saturated heterocycles. The van der Waals surface area contributed by atoms with Crippen LogP contribution < -0.4 is 0 Å². The predicted octanol–water partition coefficient (Wildman–Crippen LogP) is 1.63. The van der Waals surface area contributed by atoms with E-state index in [1.54, 1.807) is 0 Å². The van der Waals surface area contributed by atoms with Crippen LogP contribution in [0, 0.1) is 0 Å². The highest BCUT2D eigenvalue weighted by Crippen LogP contribution is 2.38. The topological polar surface area (TPSA) is 63.1 Å². The van der Waals surface area contributed by atoms with E-state index in [4.69, 9.17) is 16.7 Å². The first-order valence-corrected chi connectivity index (χ1v) is 4.78. The van der Waals surface area contributed by atoms with Gasteiger partial charge in [0.2, 0.25) is 0 Å². The summed E-state index contributed by atoms with van der Waals surface area (Å²) in [6, 6.07) is 1.50. The molecule has 5 heteroatoms. The van der Waals surface area contributed by atoms with Crippen molar-refractivity contribution >= 4 is 17.6 Å². The summed E-state index contributed by atoms with van der Waals surface area (Å²) in [5.74, 6) is 0.177. The number of carbonyl (C=O) groups is 1. The lowest BCUT2D eigenvalue weighted by molar-refractivity contribution is -0.136. The molecule has 1 aliphatic rings. The lowest BCUT2D eigenvalue weighted by atomic mass is 10.3. The van der Waals surface area contributed by atoms with Gasteiger partial charge >= 0.3 is 5.97 Å². The van der Waals surface area contributed by atoms with Crippen LogP contribution in [0.25, 0.3) is 0 Å². The fourth-order valence-corrected chi connectivity index (χ4v) is 1.47. The van der Waals surface area contributed by atoms with E-state index in [2.05, 4.69) is 9.97 Å². The van der Waals surface area contributed by atoms with Crippen molar-refractivity contribution in [2.75, 3.05) is 0 Å². The SMILES string of the molecule is O=C(O)Cc1cc(Cl)nc(C2CC2)n1. The first-order valence-electron chi connectivity index (χ1n) is 4.40. The third-order valence-electron chi connectivity index (χ3n) is 2.04. The van der Waals surface area contributed by atoms with E-state index in [-0.39, 0.29) is 6.42 Å². The number of carboxylic acid groups (broad SMARTS) is 1. The van der Waals surface area contributed by atoms with Crippen LogP contribution in [0.4, 0.5) is 0 Å². The quantitative estimate of drug-likeness (QED) is 0.774. The molecular weight excluding hydrogens is 204 g/mol. The number of aliphatic carboxylic acids is 1. The van der Waals surface area contributed by atoms with Crippen molar-refractivity contribution < 1.29 is 9.90 Å². The molecule has 1 N–H and O–H groups in total. The molecule has 0 atom stereocenters. The summed E-state index contributed by atoms with van der Waals surface area (Å²) in [4.78, 5) is 18.7. The molecule has 0 amide bonds. The number of halogens is 1. The van der Waals surface area contributed by atoms with E-state index in [9.17, 15) is 4.79 Å². The molecule has 0 spiro atoms. The molecule has 1 heterocycles. The van der Waals surface area contributed by atoms with E-state index in [1.807, 2.05) is 0 Å². The summed E-state index contributed by atoms with van der Waals surface area (Å²) in [5, 5.41) is 8.93. The lowest BCUT2D eigenvalue weighted by Gasteiger charge is -2.01. The van der Waals surface area contributed by atoms with E-state index in [0.29, 0.717) is 22.6 Å². The molecule has 1 aromatic rings. The van der Waals surface area contributed by atoms with E-state index >= 15 is 0 Å². The third-order valence-corrected chi connectivity index (χ3v) is 2.23. The Morgan fingerprint density at radius 2 is 2.29 bits per heavy atom. The Labute approximate surface area is 85.9 Å². The normalized spacial score (nSPS) is 15.5. The number of hydrogen-bond acceptors (Lipinski definition) is 3. The number of nitrogens with zero attached hydrogens (tertiary/aromatic N) is 2. The Morgan fingerprint density at radius 3 is 2.86 bits per heavy atom. The highest BCUT2D eigenvalue weighted by atomic mass is 35.5. The van der Waals surface area contributed by atoms with Crippen LogP contribution in [0.1, 0.15) is 30.3 Å². The van der Waals surface area contributed by atoms with E-state index < -0.39 is 5.97 Å². The largest absolute Gasteiger partial charge is 0.481 e. The summed E-state index contributed by atoms with van der Waals surface area (Å²) in [5.41, 5.74) is 0.486. The van der Waals surface area contributed by atoms with E-state index in [1.165, 1.54) is 6.07 Å². The highest BCUT2D eigenvalue weighted by molar-refractivity contribution is 6.29. The summed E-state index contributed by atoms with van der Waals surface area (Å²) in [7, 11) is 0. The summed E-state index contributed by atoms with van der Waals surface area (Å²) in [6.07, 6.45) is 2.06. The molecular formula is C9H9ClN2O2. The van der Waals surface area contributed by atoms with Gasteiger partial charge in [-0.3, -0.25) is 4.79 Å². The van der Waals surface area contributed by atoms with Crippen LogP contribution in [-0.4, -0.2) is 21.0 Å². The first kappa shape index (κ1) is 9.40. The van der Waals surface area contributed by atoms with Crippen molar-refractivity contribution in [3.8, 4) is 0 Å². The van der Waals surface area contributed by atoms with Crippen molar-refractivity contribution in [1.29, 1.82) is 0 Å². The first-order chi connectivity index (χ1) is 6.65. The van der Waals surface area contributed by atoms with Crippen molar-refractivity contribution in [3.63, 3.8) is 0 Å². The molecule has 0 radical (unpaired) electrons. The van der Waals surface area contributed by atoms with Crippen molar-refractivity contribution in [1.82, 2.24) is 9.97 Å². The number of carboxylic acids is 1. The minimum Gasteiger partial charge on any atom is -0.481 e. The highest BCUT2D eigenvalue weighted by Gasteiger charge is 2.27. The Kier molecular flexibility index (Phi) is 2.37. The molecule has 0 bridgehead atoms. The van der Waals surface area contributed by atoms with Crippen LogP contribution in [0.5, 0.6) is 0 Å². The molecule has 1 saturated carbocycles. The second-order valence-corrected chi connectivity index (χ2v) is 3.77. The van der Waals surface area contributed by atoms with Gasteiger partial charge in [-0.25, -0.2) is 9.97 Å². The van der Waals surface area contributed by atoms with Gasteiger partial charge in [-0.15, -0.1) is 0 Å². The standard InChI is InChI=1S/C9H9ClN2O2/c10-7-3-6(4-8(13)14)11-9(12-7)5-1-2-5/h3,5H,1-2,4H2,(H,13,14). The number of rotatable bonds is 3. The molecule has 14 heavy (non-hydrogen) atoms. The van der Waals surface area contributed by atoms with Gasteiger partial charge in [0.25, 0.3) is 0 Å². The summed E-state index contributed by atoms with van der Waals surface area (Å²) >= 11 is 5.76. The minimum atomic E-state index is -0.901. The van der Waals surface area contributed by atoms with E-state index in [0.717, 1.165) is 12.8 Å². The fourth-order valence-electron chi connectivity index (χ4n) is 1.25. The Balaban J connectivity index is 2.26. The maximum atomic E-state index is 10.5. The Morgan fingerprint density at radius 1 is 1.57 bits per heavy atom. The molecule has 1 aromatic heterocycles. The van der Waals surface area contributed by atoms with Crippen LogP contribution in [0.2, 0.25) is 5.15 Å². The average molecular weight is 213 g/mol. The van der Waals surface area contributed by atoms with Gasteiger partial charge in [-0.1, -0.05) is 11.6 Å². The monoisotopic (exact) mass is 212 g/mol.